The van der Waals surface area contributed by atoms with Crippen LogP contribution in [0.15, 0.2) is 23.2 Å². The molecule has 0 saturated carbocycles. The lowest BCUT2D eigenvalue weighted by Crippen LogP contribution is -2.09. The molecule has 0 bridgehead atoms. The average Bonchev–Trinajstić information content (AvgIpc) is 2.18. The second-order valence-corrected chi connectivity index (χ2v) is 3.20. The largest absolute Gasteiger partial charge is 0.289 e. The highest BCUT2D eigenvalue weighted by Crippen LogP contribution is 2.17. The number of hydrogen-bond acceptors (Lipinski definition) is 2. The minimum Gasteiger partial charge on any atom is -0.289 e. The first-order valence-electron chi connectivity index (χ1n) is 4.36. The Labute approximate surface area is 77.5 Å². The van der Waals surface area contributed by atoms with E-state index < -0.39 is 0 Å². The maximum absolute atomic E-state index is 8.72. The Bertz CT molecular complexity index is 411. The lowest BCUT2D eigenvalue weighted by molar-refractivity contribution is 0.941. The van der Waals surface area contributed by atoms with Gasteiger partial charge in [-0.1, -0.05) is 6.07 Å². The van der Waals surface area contributed by atoms with Gasteiger partial charge in [-0.3, -0.25) is 4.99 Å². The normalized spacial score (nSPS) is 14.3. The summed E-state index contributed by atoms with van der Waals surface area (Å²) in [7, 11) is 0. The standard InChI is InChI=1S/C11H10N2/c1-8-11-3-2-9(7-12)6-10(11)4-5-13-8/h2-3,6H,4-5H2,1H3. The van der Waals surface area contributed by atoms with E-state index >= 15 is 0 Å². The third kappa shape index (κ3) is 1.33. The highest BCUT2D eigenvalue weighted by atomic mass is 14.7. The molecule has 0 radical (unpaired) electrons. The first-order chi connectivity index (χ1) is 6.31. The lowest BCUT2D eigenvalue weighted by atomic mass is 9.96. The zero-order valence-corrected chi connectivity index (χ0v) is 7.54. The van der Waals surface area contributed by atoms with E-state index in [9.17, 15) is 0 Å². The van der Waals surface area contributed by atoms with Crippen LogP contribution in [0.25, 0.3) is 0 Å². The third-order valence-electron chi connectivity index (χ3n) is 2.35. The Morgan fingerprint density at radius 3 is 3.08 bits per heavy atom. The number of fused-ring (bicyclic) bond motifs is 1. The molecule has 1 aliphatic heterocycles. The summed E-state index contributed by atoms with van der Waals surface area (Å²) < 4.78 is 0. The molecule has 0 fully saturated rings. The van der Waals surface area contributed by atoms with Crippen LogP contribution in [0.2, 0.25) is 0 Å². The van der Waals surface area contributed by atoms with E-state index in [-0.39, 0.29) is 0 Å². The molecule has 0 N–H and O–H groups in total. The molecule has 13 heavy (non-hydrogen) atoms. The average molecular weight is 170 g/mol. The van der Waals surface area contributed by atoms with Crippen molar-refractivity contribution in [2.45, 2.75) is 13.3 Å². The number of aliphatic imine (C=N–C) groups is 1. The maximum atomic E-state index is 8.72. The highest BCUT2D eigenvalue weighted by molar-refractivity contribution is 6.00. The fourth-order valence-electron chi connectivity index (χ4n) is 1.65. The molecule has 0 saturated heterocycles. The van der Waals surface area contributed by atoms with Crippen molar-refractivity contribution < 1.29 is 0 Å². The van der Waals surface area contributed by atoms with Crippen molar-refractivity contribution in [3.8, 4) is 6.07 Å². The van der Waals surface area contributed by atoms with Gasteiger partial charge >= 0.3 is 0 Å². The minimum atomic E-state index is 0.744. The van der Waals surface area contributed by atoms with Crippen molar-refractivity contribution in [1.82, 2.24) is 0 Å². The number of benzene rings is 1. The Hall–Kier alpha value is -1.62. The Morgan fingerprint density at radius 1 is 1.46 bits per heavy atom. The summed E-state index contributed by atoms with van der Waals surface area (Å²) in [6.45, 7) is 2.87. The molecule has 1 aromatic carbocycles. The number of hydrogen-bond donors (Lipinski definition) is 0. The van der Waals surface area contributed by atoms with Gasteiger partial charge in [0, 0.05) is 12.3 Å². The van der Waals surface area contributed by atoms with Gasteiger partial charge in [0.25, 0.3) is 0 Å². The molecule has 0 atom stereocenters. The Morgan fingerprint density at radius 2 is 2.31 bits per heavy atom. The molecule has 1 aliphatic rings. The third-order valence-corrected chi connectivity index (χ3v) is 2.35. The zero-order chi connectivity index (χ0) is 9.26. The quantitative estimate of drug-likeness (QED) is 0.586. The molecule has 2 heteroatoms. The van der Waals surface area contributed by atoms with Gasteiger partial charge in [-0.05, 0) is 36.6 Å². The summed E-state index contributed by atoms with van der Waals surface area (Å²) in [5.74, 6) is 0. The van der Waals surface area contributed by atoms with Crippen LogP contribution in [0.4, 0.5) is 0 Å². The topological polar surface area (TPSA) is 36.1 Å². The molecule has 64 valence electrons. The molecule has 1 aromatic rings. The molecule has 1 heterocycles. The second kappa shape index (κ2) is 3.02. The van der Waals surface area contributed by atoms with Crippen LogP contribution in [0.5, 0.6) is 0 Å². The SMILES string of the molecule is CC1=NCCc2cc(C#N)ccc21. The van der Waals surface area contributed by atoms with Gasteiger partial charge in [-0.2, -0.15) is 5.26 Å². The van der Waals surface area contributed by atoms with E-state index in [4.69, 9.17) is 5.26 Å². The van der Waals surface area contributed by atoms with Gasteiger partial charge < -0.3 is 0 Å². The van der Waals surface area contributed by atoms with E-state index in [1.165, 1.54) is 11.1 Å². The highest BCUT2D eigenvalue weighted by Gasteiger charge is 2.10. The molecule has 2 rings (SSSR count). The Kier molecular flexibility index (Phi) is 1.86. The summed E-state index contributed by atoms with van der Waals surface area (Å²) in [5, 5.41) is 8.72. The molecule has 0 unspecified atom stereocenters. The molecule has 0 aromatic heterocycles. The van der Waals surface area contributed by atoms with E-state index in [0.29, 0.717) is 0 Å². The van der Waals surface area contributed by atoms with Crippen LogP contribution in [-0.2, 0) is 6.42 Å². The molecule has 0 amide bonds. The van der Waals surface area contributed by atoms with Crippen molar-refractivity contribution in [2.24, 2.45) is 4.99 Å². The minimum absolute atomic E-state index is 0.744. The summed E-state index contributed by atoms with van der Waals surface area (Å²) >= 11 is 0. The van der Waals surface area contributed by atoms with Crippen molar-refractivity contribution >= 4 is 5.71 Å². The van der Waals surface area contributed by atoms with E-state index in [1.54, 1.807) is 0 Å². The fraction of sp³-hybridized carbons (Fsp3) is 0.273. The molecular formula is C11H10N2. The molecule has 2 nitrogen and oxygen atoms in total. The van der Waals surface area contributed by atoms with Crippen LogP contribution in [0, 0.1) is 11.3 Å². The number of nitrogens with zero attached hydrogens (tertiary/aromatic N) is 2. The molecular weight excluding hydrogens is 160 g/mol. The summed E-state index contributed by atoms with van der Waals surface area (Å²) in [6.07, 6.45) is 0.961. The van der Waals surface area contributed by atoms with Gasteiger partial charge in [0.15, 0.2) is 0 Å². The van der Waals surface area contributed by atoms with Crippen LogP contribution in [-0.4, -0.2) is 12.3 Å². The predicted octanol–water partition coefficient (Wildman–Crippen LogP) is 1.92. The Balaban J connectivity index is 2.55. The zero-order valence-electron chi connectivity index (χ0n) is 7.54. The summed E-state index contributed by atoms with van der Waals surface area (Å²) in [5.41, 5.74) is 4.29. The predicted molar refractivity (Wildman–Crippen MR) is 51.9 cm³/mol. The number of rotatable bonds is 0. The molecule has 0 spiro atoms. The van der Waals surface area contributed by atoms with E-state index in [1.807, 2.05) is 25.1 Å². The first-order valence-corrected chi connectivity index (χ1v) is 4.36. The van der Waals surface area contributed by atoms with E-state index in [2.05, 4.69) is 11.1 Å². The smallest absolute Gasteiger partial charge is 0.0991 e. The van der Waals surface area contributed by atoms with Gasteiger partial charge in [0.1, 0.15) is 0 Å². The van der Waals surface area contributed by atoms with Gasteiger partial charge in [-0.25, -0.2) is 0 Å². The van der Waals surface area contributed by atoms with Gasteiger partial charge in [0.05, 0.1) is 11.6 Å². The van der Waals surface area contributed by atoms with Gasteiger partial charge in [0.2, 0.25) is 0 Å². The monoisotopic (exact) mass is 170 g/mol. The summed E-state index contributed by atoms with van der Waals surface area (Å²) in [4.78, 5) is 4.36. The van der Waals surface area contributed by atoms with Crippen LogP contribution >= 0.6 is 0 Å². The number of nitriles is 1. The van der Waals surface area contributed by atoms with Crippen molar-refractivity contribution in [1.29, 1.82) is 5.26 Å². The lowest BCUT2D eigenvalue weighted by Gasteiger charge is -2.13. The van der Waals surface area contributed by atoms with Gasteiger partial charge in [-0.15, -0.1) is 0 Å². The van der Waals surface area contributed by atoms with Crippen molar-refractivity contribution in [2.75, 3.05) is 6.54 Å². The van der Waals surface area contributed by atoms with Crippen LogP contribution in [0.3, 0.4) is 0 Å². The van der Waals surface area contributed by atoms with Crippen LogP contribution < -0.4 is 0 Å². The second-order valence-electron chi connectivity index (χ2n) is 3.20. The van der Waals surface area contributed by atoms with E-state index in [0.717, 1.165) is 24.2 Å². The maximum Gasteiger partial charge on any atom is 0.0991 e. The first kappa shape index (κ1) is 8.00. The van der Waals surface area contributed by atoms with Crippen LogP contribution in [0.1, 0.15) is 23.6 Å². The van der Waals surface area contributed by atoms with Crippen molar-refractivity contribution in [3.05, 3.63) is 34.9 Å². The van der Waals surface area contributed by atoms with Crippen molar-refractivity contribution in [3.63, 3.8) is 0 Å². The fourth-order valence-corrected chi connectivity index (χ4v) is 1.65. The molecule has 0 aliphatic carbocycles. The summed E-state index contributed by atoms with van der Waals surface area (Å²) in [6, 6.07) is 7.96.